The first-order valence-electron chi connectivity index (χ1n) is 5.68. The van der Waals surface area contributed by atoms with Crippen LogP contribution in [0.25, 0.3) is 0 Å². The third-order valence-electron chi connectivity index (χ3n) is 2.34. The van der Waals surface area contributed by atoms with E-state index < -0.39 is 11.9 Å². The number of nitriles is 1. The fourth-order valence-corrected chi connectivity index (χ4v) is 1.34. The van der Waals surface area contributed by atoms with Crippen LogP contribution in [0.2, 0.25) is 0 Å². The van der Waals surface area contributed by atoms with E-state index in [-0.39, 0.29) is 31.2 Å². The molecule has 0 aliphatic carbocycles. The molecule has 4 nitrogen and oxygen atoms in total. The van der Waals surface area contributed by atoms with Crippen molar-refractivity contribution in [3.8, 4) is 6.07 Å². The zero-order valence-corrected chi connectivity index (χ0v) is 11.6. The smallest absolute Gasteiger partial charge is 0.541 e. The third kappa shape index (κ3) is 9.39. The minimum Gasteiger partial charge on any atom is -0.541 e. The van der Waals surface area contributed by atoms with Gasteiger partial charge < -0.3 is 23.7 Å². The molecule has 1 aromatic rings. The van der Waals surface area contributed by atoms with Crippen LogP contribution in [0.15, 0.2) is 30.3 Å². The van der Waals surface area contributed by atoms with Crippen LogP contribution in [0.4, 0.5) is 0 Å². The van der Waals surface area contributed by atoms with Gasteiger partial charge in [-0.3, -0.25) is 11.1 Å². The fraction of sp³-hybridized carbons (Fsp3) is 0.267. The van der Waals surface area contributed by atoms with Gasteiger partial charge in [0.1, 0.15) is 0 Å². The summed E-state index contributed by atoms with van der Waals surface area (Å²) in [4.78, 5) is 19.6. The topological polar surface area (TPSA) is 78.2 Å². The van der Waals surface area contributed by atoms with E-state index in [1.165, 1.54) is 6.29 Å². The van der Waals surface area contributed by atoms with Crippen LogP contribution in [-0.2, 0) is 9.59 Å². The second-order valence-corrected chi connectivity index (χ2v) is 3.86. The molecular weight excluding hydrogens is 249 g/mol. The van der Waals surface area contributed by atoms with Crippen molar-refractivity contribution in [2.24, 2.45) is 5.92 Å². The van der Waals surface area contributed by atoms with E-state index in [1.54, 1.807) is 6.07 Å². The molecule has 0 bridgehead atoms. The van der Waals surface area contributed by atoms with Crippen molar-refractivity contribution in [1.82, 2.24) is 0 Å². The Morgan fingerprint density at radius 3 is 2.25 bits per heavy atom. The number of carboxylic acid groups (broad SMARTS) is 1. The van der Waals surface area contributed by atoms with E-state index >= 15 is 0 Å². The molecule has 5 heteroatoms. The number of aliphatic carboxylic acids is 1. The van der Waals surface area contributed by atoms with Crippen LogP contribution in [0.1, 0.15) is 24.3 Å². The Balaban J connectivity index is 0. The molecule has 2 unspecified atom stereocenters. The molecule has 0 saturated carbocycles. The number of rotatable bonds is 5. The van der Waals surface area contributed by atoms with E-state index in [0.29, 0.717) is 6.42 Å². The largest absolute Gasteiger partial charge is 1.00 e. The van der Waals surface area contributed by atoms with Gasteiger partial charge in [0.2, 0.25) is 0 Å². The van der Waals surface area contributed by atoms with Crippen molar-refractivity contribution in [2.75, 3.05) is 0 Å². The summed E-state index contributed by atoms with van der Waals surface area (Å²) >= 11 is 0. The van der Waals surface area contributed by atoms with Crippen molar-refractivity contribution < 1.29 is 33.6 Å². The van der Waals surface area contributed by atoms with Gasteiger partial charge in [-0.15, -0.1) is 5.92 Å². The first kappa shape index (κ1) is 20.8. The summed E-state index contributed by atoms with van der Waals surface area (Å²) in [7, 11) is 0. The van der Waals surface area contributed by atoms with Gasteiger partial charge in [0.05, 0.1) is 0 Å². The summed E-state index contributed by atoms with van der Waals surface area (Å²) in [5.41, 5.74) is 1.06. The summed E-state index contributed by atoms with van der Waals surface area (Å²) in [6.45, 7) is 7.49. The Bertz CT molecular complexity index is 428. The van der Waals surface area contributed by atoms with E-state index in [4.69, 9.17) is 15.2 Å². The second-order valence-electron chi connectivity index (χ2n) is 3.86. The Hall–Kier alpha value is -1.55. The molecule has 0 saturated heterocycles. The molecule has 0 radical (unpaired) electrons. The molecule has 0 fully saturated rings. The molecule has 1 N–H and O–H groups in total. The SMILES string of the molecule is N#CC[C-]=O.[CH2-]C(CC([CH2-])c1ccccc1)C(=O)O.[Li+]. The predicted octanol–water partition coefficient (Wildman–Crippen LogP) is -0.457. The quantitative estimate of drug-likeness (QED) is 0.577. The van der Waals surface area contributed by atoms with Gasteiger partial charge in [0, 0.05) is 6.07 Å². The van der Waals surface area contributed by atoms with Crippen molar-refractivity contribution in [3.05, 3.63) is 49.7 Å². The molecule has 0 aliphatic rings. The molecule has 2 atom stereocenters. The summed E-state index contributed by atoms with van der Waals surface area (Å²) in [5.74, 6) is -1.46. The number of hydrogen-bond donors (Lipinski definition) is 1. The van der Waals surface area contributed by atoms with Crippen LogP contribution < -0.4 is 18.9 Å². The van der Waals surface area contributed by atoms with E-state index in [9.17, 15) is 4.79 Å². The molecule has 0 aromatic heterocycles. The summed E-state index contributed by atoms with van der Waals surface area (Å²) in [6.07, 6.45) is 1.77. The molecular formula is C15H16LiNO3-2. The zero-order valence-electron chi connectivity index (χ0n) is 11.6. The maximum absolute atomic E-state index is 10.6. The summed E-state index contributed by atoms with van der Waals surface area (Å²) < 4.78 is 0. The molecule has 0 spiro atoms. The minimum absolute atomic E-state index is 0. The van der Waals surface area contributed by atoms with Crippen molar-refractivity contribution in [3.63, 3.8) is 0 Å². The van der Waals surface area contributed by atoms with Crippen molar-refractivity contribution >= 4 is 12.3 Å². The fourth-order valence-electron chi connectivity index (χ4n) is 1.34. The summed E-state index contributed by atoms with van der Waals surface area (Å²) in [5, 5.41) is 16.2. The maximum atomic E-state index is 10.6. The Morgan fingerprint density at radius 2 is 1.90 bits per heavy atom. The van der Waals surface area contributed by atoms with Crippen LogP contribution >= 0.6 is 0 Å². The normalized spacial score (nSPS) is 11.7. The monoisotopic (exact) mass is 265 g/mol. The van der Waals surface area contributed by atoms with E-state index in [0.717, 1.165) is 5.56 Å². The van der Waals surface area contributed by atoms with Crippen molar-refractivity contribution in [1.29, 1.82) is 5.26 Å². The first-order chi connectivity index (χ1) is 9.02. The number of carbonyl (C=O) groups excluding carboxylic acids is 1. The van der Waals surface area contributed by atoms with Gasteiger partial charge in [-0.25, -0.2) is 5.26 Å². The molecule has 1 aromatic carbocycles. The van der Waals surface area contributed by atoms with E-state index in [2.05, 4.69) is 13.8 Å². The maximum Gasteiger partial charge on any atom is 1.00 e. The average Bonchev–Trinajstić information content (AvgIpc) is 2.41. The van der Waals surface area contributed by atoms with Crippen LogP contribution in [-0.4, -0.2) is 17.4 Å². The summed E-state index contributed by atoms with van der Waals surface area (Å²) in [6, 6.07) is 11.3. The molecule has 20 heavy (non-hydrogen) atoms. The predicted molar refractivity (Wildman–Crippen MR) is 71.6 cm³/mol. The first-order valence-corrected chi connectivity index (χ1v) is 5.68. The standard InChI is InChI=1S/C12H14O2.C3H2NO.Li/c1-9(8-10(2)12(13)14)11-6-4-3-5-7-11;4-2-1-3-5;/h3-7,9-10H,1-2,8H2,(H,13,14);1H2;/q-2;-1;+1. The van der Waals surface area contributed by atoms with Gasteiger partial charge in [-0.2, -0.15) is 0 Å². The van der Waals surface area contributed by atoms with Crippen LogP contribution in [0.5, 0.6) is 0 Å². The van der Waals surface area contributed by atoms with Gasteiger partial charge in [0.25, 0.3) is 5.97 Å². The number of carboxylic acids is 1. The van der Waals surface area contributed by atoms with E-state index in [1.807, 2.05) is 30.3 Å². The molecule has 0 amide bonds. The average molecular weight is 265 g/mol. The molecule has 1 rings (SSSR count). The van der Waals surface area contributed by atoms with Gasteiger partial charge in [-0.1, -0.05) is 54.7 Å². The number of carbonyl (C=O) groups is 1. The van der Waals surface area contributed by atoms with Gasteiger partial charge in [-0.05, 0) is 0 Å². The molecule has 102 valence electrons. The zero-order chi connectivity index (χ0) is 14.7. The number of nitrogens with zero attached hydrogens (tertiary/aromatic N) is 1. The van der Waals surface area contributed by atoms with Crippen LogP contribution in [0.3, 0.4) is 0 Å². The van der Waals surface area contributed by atoms with Crippen molar-refractivity contribution in [2.45, 2.75) is 18.8 Å². The van der Waals surface area contributed by atoms with Crippen LogP contribution in [0, 0.1) is 31.1 Å². The van der Waals surface area contributed by atoms with Gasteiger partial charge in [0.15, 0.2) is 0 Å². The second kappa shape index (κ2) is 12.5. The Morgan fingerprint density at radius 1 is 1.35 bits per heavy atom. The Kier molecular flexibility index (Phi) is 13.0. The number of benzene rings is 1. The third-order valence-corrected chi connectivity index (χ3v) is 2.34. The minimum atomic E-state index is -0.866. The van der Waals surface area contributed by atoms with Gasteiger partial charge >= 0.3 is 18.9 Å². The number of hydrogen-bond acceptors (Lipinski definition) is 3. The molecule has 0 aliphatic heterocycles. The Labute approximate surface area is 132 Å². The molecule has 0 heterocycles.